The SMILES string of the molecule is NCCCOc1ccc2nc(Cc3ccccc3)oc2c1. The van der Waals surface area contributed by atoms with Gasteiger partial charge in [-0.25, -0.2) is 4.98 Å². The number of nitrogens with zero attached hydrogens (tertiary/aromatic N) is 1. The highest BCUT2D eigenvalue weighted by Crippen LogP contribution is 2.23. The van der Waals surface area contributed by atoms with Crippen molar-refractivity contribution >= 4 is 11.1 Å². The molecule has 0 radical (unpaired) electrons. The van der Waals surface area contributed by atoms with Crippen LogP contribution < -0.4 is 10.5 Å². The summed E-state index contributed by atoms with van der Waals surface area (Å²) in [7, 11) is 0. The van der Waals surface area contributed by atoms with Crippen LogP contribution in [0.4, 0.5) is 0 Å². The van der Waals surface area contributed by atoms with Gasteiger partial charge in [-0.2, -0.15) is 0 Å². The van der Waals surface area contributed by atoms with Crippen LogP contribution >= 0.6 is 0 Å². The number of ether oxygens (including phenoxy) is 1. The van der Waals surface area contributed by atoms with E-state index in [1.54, 1.807) is 0 Å². The van der Waals surface area contributed by atoms with E-state index in [-0.39, 0.29) is 0 Å². The Labute approximate surface area is 123 Å². The summed E-state index contributed by atoms with van der Waals surface area (Å²) in [6, 6.07) is 15.9. The molecule has 0 unspecified atom stereocenters. The van der Waals surface area contributed by atoms with Crippen LogP contribution in [-0.2, 0) is 6.42 Å². The molecule has 0 amide bonds. The van der Waals surface area contributed by atoms with Crippen molar-refractivity contribution in [2.75, 3.05) is 13.2 Å². The molecule has 0 aliphatic carbocycles. The summed E-state index contributed by atoms with van der Waals surface area (Å²) in [6.45, 7) is 1.25. The molecule has 3 rings (SSSR count). The van der Waals surface area contributed by atoms with Gasteiger partial charge < -0.3 is 14.9 Å². The van der Waals surface area contributed by atoms with Gasteiger partial charge in [-0.15, -0.1) is 0 Å². The van der Waals surface area contributed by atoms with Crippen molar-refractivity contribution in [3.05, 3.63) is 60.0 Å². The van der Waals surface area contributed by atoms with Crippen LogP contribution in [-0.4, -0.2) is 18.1 Å². The first-order valence-electron chi connectivity index (χ1n) is 7.11. The summed E-state index contributed by atoms with van der Waals surface area (Å²) in [5, 5.41) is 0. The molecule has 4 heteroatoms. The lowest BCUT2D eigenvalue weighted by Crippen LogP contribution is -2.05. The van der Waals surface area contributed by atoms with E-state index in [2.05, 4.69) is 17.1 Å². The van der Waals surface area contributed by atoms with Crippen molar-refractivity contribution in [1.29, 1.82) is 0 Å². The fourth-order valence-electron chi connectivity index (χ4n) is 2.16. The molecule has 2 N–H and O–H groups in total. The minimum atomic E-state index is 0.618. The Morgan fingerprint density at radius 2 is 1.95 bits per heavy atom. The predicted molar refractivity (Wildman–Crippen MR) is 82.4 cm³/mol. The van der Waals surface area contributed by atoms with Gasteiger partial charge in [0.1, 0.15) is 11.3 Å². The van der Waals surface area contributed by atoms with Gasteiger partial charge in [0.2, 0.25) is 0 Å². The number of fused-ring (bicyclic) bond motifs is 1. The fraction of sp³-hybridized carbons (Fsp3) is 0.235. The summed E-state index contributed by atoms with van der Waals surface area (Å²) < 4.78 is 11.4. The minimum absolute atomic E-state index is 0.618. The number of hydrogen-bond acceptors (Lipinski definition) is 4. The number of hydrogen-bond donors (Lipinski definition) is 1. The van der Waals surface area contributed by atoms with Crippen LogP contribution in [0.15, 0.2) is 52.9 Å². The molecule has 0 fully saturated rings. The van der Waals surface area contributed by atoms with Gasteiger partial charge in [0.25, 0.3) is 0 Å². The first kappa shape index (κ1) is 13.6. The maximum atomic E-state index is 5.80. The van der Waals surface area contributed by atoms with Crippen LogP contribution in [0.3, 0.4) is 0 Å². The summed E-state index contributed by atoms with van der Waals surface area (Å²) >= 11 is 0. The van der Waals surface area contributed by atoms with Gasteiger partial charge in [-0.05, 0) is 30.7 Å². The summed E-state index contributed by atoms with van der Waals surface area (Å²) in [5.41, 5.74) is 8.24. The molecule has 0 atom stereocenters. The van der Waals surface area contributed by atoms with Gasteiger partial charge in [-0.1, -0.05) is 30.3 Å². The van der Waals surface area contributed by atoms with Crippen LogP contribution in [0.1, 0.15) is 17.9 Å². The van der Waals surface area contributed by atoms with E-state index in [9.17, 15) is 0 Å². The zero-order valence-corrected chi connectivity index (χ0v) is 11.8. The summed E-state index contributed by atoms with van der Waals surface area (Å²) in [5.74, 6) is 1.51. The number of oxazole rings is 1. The highest BCUT2D eigenvalue weighted by Gasteiger charge is 2.07. The first-order chi connectivity index (χ1) is 10.3. The molecule has 2 aromatic carbocycles. The number of rotatable bonds is 6. The second-order valence-corrected chi connectivity index (χ2v) is 4.89. The topological polar surface area (TPSA) is 61.3 Å². The minimum Gasteiger partial charge on any atom is -0.493 e. The molecule has 3 aromatic rings. The number of nitrogens with two attached hydrogens (primary N) is 1. The maximum absolute atomic E-state index is 5.80. The first-order valence-corrected chi connectivity index (χ1v) is 7.11. The number of aromatic nitrogens is 1. The Balaban J connectivity index is 1.76. The standard InChI is InChI=1S/C17H18N2O2/c18-9-4-10-20-14-7-8-15-16(12-14)21-17(19-15)11-13-5-2-1-3-6-13/h1-3,5-8,12H,4,9-11,18H2. The molecule has 0 spiro atoms. The van der Waals surface area contributed by atoms with Gasteiger partial charge in [0.15, 0.2) is 11.5 Å². The van der Waals surface area contributed by atoms with Crippen molar-refractivity contribution in [3.8, 4) is 5.75 Å². The van der Waals surface area contributed by atoms with Crippen LogP contribution in [0.25, 0.3) is 11.1 Å². The van der Waals surface area contributed by atoms with Crippen LogP contribution in [0.5, 0.6) is 5.75 Å². The highest BCUT2D eigenvalue weighted by atomic mass is 16.5. The van der Waals surface area contributed by atoms with E-state index in [0.29, 0.717) is 19.6 Å². The van der Waals surface area contributed by atoms with E-state index >= 15 is 0 Å². The molecule has 1 aromatic heterocycles. The van der Waals surface area contributed by atoms with Crippen molar-refractivity contribution in [1.82, 2.24) is 4.98 Å². The molecule has 1 heterocycles. The number of benzene rings is 2. The van der Waals surface area contributed by atoms with Crippen molar-refractivity contribution in [3.63, 3.8) is 0 Å². The summed E-state index contributed by atoms with van der Waals surface area (Å²) in [4.78, 5) is 4.50. The van der Waals surface area contributed by atoms with Gasteiger partial charge in [0, 0.05) is 12.5 Å². The molecule has 21 heavy (non-hydrogen) atoms. The van der Waals surface area contributed by atoms with Gasteiger partial charge in [-0.3, -0.25) is 0 Å². The van der Waals surface area contributed by atoms with E-state index in [4.69, 9.17) is 14.9 Å². The average Bonchev–Trinajstić information content (AvgIpc) is 2.90. The molecule has 108 valence electrons. The second kappa shape index (κ2) is 6.41. The second-order valence-electron chi connectivity index (χ2n) is 4.89. The van der Waals surface area contributed by atoms with E-state index in [0.717, 1.165) is 29.2 Å². The average molecular weight is 282 g/mol. The molecule has 0 aliphatic rings. The van der Waals surface area contributed by atoms with Crippen molar-refractivity contribution in [2.24, 2.45) is 5.73 Å². The lowest BCUT2D eigenvalue weighted by Gasteiger charge is -2.03. The molecular formula is C17H18N2O2. The third-order valence-corrected chi connectivity index (χ3v) is 3.22. The Hall–Kier alpha value is -2.33. The third-order valence-electron chi connectivity index (χ3n) is 3.22. The highest BCUT2D eigenvalue weighted by molar-refractivity contribution is 5.74. The van der Waals surface area contributed by atoms with Crippen LogP contribution in [0.2, 0.25) is 0 Å². The molecule has 0 aliphatic heterocycles. The monoisotopic (exact) mass is 282 g/mol. The van der Waals surface area contributed by atoms with Gasteiger partial charge in [0.05, 0.1) is 6.61 Å². The lowest BCUT2D eigenvalue weighted by molar-refractivity contribution is 0.313. The molecule has 0 saturated heterocycles. The predicted octanol–water partition coefficient (Wildman–Crippen LogP) is 3.15. The maximum Gasteiger partial charge on any atom is 0.199 e. The van der Waals surface area contributed by atoms with E-state index in [1.807, 2.05) is 36.4 Å². The Morgan fingerprint density at radius 3 is 2.76 bits per heavy atom. The Kier molecular flexibility index (Phi) is 4.17. The Morgan fingerprint density at radius 1 is 1.10 bits per heavy atom. The molecule has 0 bridgehead atoms. The lowest BCUT2D eigenvalue weighted by atomic mass is 10.1. The molecular weight excluding hydrogens is 264 g/mol. The molecule has 0 saturated carbocycles. The smallest absolute Gasteiger partial charge is 0.199 e. The van der Waals surface area contributed by atoms with E-state index < -0.39 is 0 Å². The Bertz CT molecular complexity index is 707. The van der Waals surface area contributed by atoms with Gasteiger partial charge >= 0.3 is 0 Å². The zero-order chi connectivity index (χ0) is 14.5. The normalized spacial score (nSPS) is 10.9. The largest absolute Gasteiger partial charge is 0.493 e. The molecule has 4 nitrogen and oxygen atoms in total. The van der Waals surface area contributed by atoms with Crippen molar-refractivity contribution in [2.45, 2.75) is 12.8 Å². The fourth-order valence-corrected chi connectivity index (χ4v) is 2.16. The summed E-state index contributed by atoms with van der Waals surface area (Å²) in [6.07, 6.45) is 1.53. The zero-order valence-electron chi connectivity index (χ0n) is 11.8. The van der Waals surface area contributed by atoms with E-state index in [1.165, 1.54) is 5.56 Å². The quantitative estimate of drug-likeness (QED) is 0.705. The third kappa shape index (κ3) is 3.41. The van der Waals surface area contributed by atoms with Crippen molar-refractivity contribution < 1.29 is 9.15 Å². The van der Waals surface area contributed by atoms with Crippen LogP contribution in [0, 0.1) is 0 Å².